The summed E-state index contributed by atoms with van der Waals surface area (Å²) < 4.78 is 12.6. The molecule has 0 aromatic rings. The highest BCUT2D eigenvalue weighted by Gasteiger charge is 2.55. The van der Waals surface area contributed by atoms with E-state index in [1.165, 1.54) is 38.5 Å². The minimum absolute atomic E-state index is 0.685. The van der Waals surface area contributed by atoms with Crippen molar-refractivity contribution in [1.29, 1.82) is 0 Å². The maximum absolute atomic E-state index is 6.29. The highest BCUT2D eigenvalue weighted by atomic mass is 28.4. The van der Waals surface area contributed by atoms with E-state index in [-0.39, 0.29) is 0 Å². The van der Waals surface area contributed by atoms with Gasteiger partial charge in [-0.2, -0.15) is 0 Å². The van der Waals surface area contributed by atoms with Gasteiger partial charge in [-0.15, -0.1) is 0 Å². The third-order valence-corrected chi connectivity index (χ3v) is 11.6. The lowest BCUT2D eigenvalue weighted by Crippen LogP contribution is -2.55. The lowest BCUT2D eigenvalue weighted by molar-refractivity contribution is 0.148. The Morgan fingerprint density at radius 2 is 1.05 bits per heavy atom. The normalized spacial score (nSPS) is 42.0. The molecule has 6 unspecified atom stereocenters. The minimum Gasteiger partial charge on any atom is -0.397 e. The second-order valence-electron chi connectivity index (χ2n) is 8.13. The molecule has 2 fully saturated rings. The van der Waals surface area contributed by atoms with Gasteiger partial charge < -0.3 is 8.85 Å². The predicted molar refractivity (Wildman–Crippen MR) is 91.6 cm³/mol. The van der Waals surface area contributed by atoms with Gasteiger partial charge in [0, 0.05) is 25.3 Å². The van der Waals surface area contributed by atoms with Crippen LogP contribution in [-0.4, -0.2) is 22.8 Å². The molecule has 0 N–H and O–H groups in total. The summed E-state index contributed by atoms with van der Waals surface area (Å²) in [5, 5.41) is 0. The first-order chi connectivity index (χ1) is 9.94. The van der Waals surface area contributed by atoms with Crippen molar-refractivity contribution in [3.05, 3.63) is 0 Å². The fourth-order valence-electron chi connectivity index (χ4n) is 5.49. The second kappa shape index (κ2) is 7.14. The maximum Gasteiger partial charge on any atom is 0.344 e. The Morgan fingerprint density at radius 3 is 1.33 bits per heavy atom. The van der Waals surface area contributed by atoms with E-state index in [9.17, 15) is 0 Å². The molecule has 3 heteroatoms. The van der Waals surface area contributed by atoms with Gasteiger partial charge in [0.05, 0.1) is 0 Å². The molecule has 2 nitrogen and oxygen atoms in total. The SMILES string of the molecule is CO[Si](OC)(C1CCC(C)CC1C)C1CCC(C)CC1C. The van der Waals surface area contributed by atoms with Crippen LogP contribution in [-0.2, 0) is 8.85 Å². The van der Waals surface area contributed by atoms with Gasteiger partial charge in [0.25, 0.3) is 0 Å². The zero-order chi connectivity index (χ0) is 15.6. The van der Waals surface area contributed by atoms with Crippen LogP contribution in [0.4, 0.5) is 0 Å². The summed E-state index contributed by atoms with van der Waals surface area (Å²) >= 11 is 0. The maximum atomic E-state index is 6.29. The predicted octanol–water partition coefficient (Wildman–Crippen LogP) is 5.37. The van der Waals surface area contributed by atoms with E-state index in [1.54, 1.807) is 0 Å². The summed E-state index contributed by atoms with van der Waals surface area (Å²) in [6.45, 7) is 9.69. The van der Waals surface area contributed by atoms with Crippen LogP contribution in [0, 0.1) is 23.7 Å². The Kier molecular flexibility index (Phi) is 5.95. The fourth-order valence-corrected chi connectivity index (χ4v) is 10.4. The molecule has 0 aromatic carbocycles. The second-order valence-corrected chi connectivity index (χ2v) is 11.9. The summed E-state index contributed by atoms with van der Waals surface area (Å²) in [4.78, 5) is 0. The molecule has 6 atom stereocenters. The van der Waals surface area contributed by atoms with Gasteiger partial charge in [0.1, 0.15) is 0 Å². The summed E-state index contributed by atoms with van der Waals surface area (Å²) in [7, 11) is 1.74. The topological polar surface area (TPSA) is 18.5 Å². The molecule has 0 saturated heterocycles. The highest BCUT2D eigenvalue weighted by Crippen LogP contribution is 2.54. The Morgan fingerprint density at radius 1 is 0.667 bits per heavy atom. The lowest BCUT2D eigenvalue weighted by atomic mass is 9.82. The summed E-state index contributed by atoms with van der Waals surface area (Å²) in [6.07, 6.45) is 8.04. The van der Waals surface area contributed by atoms with Crippen LogP contribution in [0.25, 0.3) is 0 Å². The number of rotatable bonds is 4. The largest absolute Gasteiger partial charge is 0.397 e. The molecule has 0 heterocycles. The number of hydrogen-bond donors (Lipinski definition) is 0. The van der Waals surface area contributed by atoms with E-state index >= 15 is 0 Å². The quantitative estimate of drug-likeness (QED) is 0.649. The molecule has 21 heavy (non-hydrogen) atoms. The molecule has 0 bridgehead atoms. The van der Waals surface area contributed by atoms with Crippen LogP contribution < -0.4 is 0 Å². The smallest absolute Gasteiger partial charge is 0.344 e. The summed E-state index contributed by atoms with van der Waals surface area (Å²) in [6, 6.07) is 0. The van der Waals surface area contributed by atoms with E-state index in [2.05, 4.69) is 27.7 Å². The first kappa shape index (κ1) is 17.5. The van der Waals surface area contributed by atoms with Crippen molar-refractivity contribution in [2.24, 2.45) is 23.7 Å². The van der Waals surface area contributed by atoms with E-state index in [0.29, 0.717) is 11.1 Å². The zero-order valence-corrected chi connectivity index (χ0v) is 16.0. The molecule has 2 aliphatic carbocycles. The molecule has 0 spiro atoms. The van der Waals surface area contributed by atoms with Crippen molar-refractivity contribution in [2.45, 2.75) is 77.3 Å². The number of hydrogen-bond acceptors (Lipinski definition) is 2. The van der Waals surface area contributed by atoms with Gasteiger partial charge in [-0.1, -0.05) is 40.5 Å². The average molecular weight is 313 g/mol. The Bertz CT molecular complexity index is 301. The van der Waals surface area contributed by atoms with Crippen LogP contribution >= 0.6 is 0 Å². The van der Waals surface area contributed by atoms with Crippen molar-refractivity contribution in [3.63, 3.8) is 0 Å². The van der Waals surface area contributed by atoms with Crippen LogP contribution in [0.5, 0.6) is 0 Å². The third-order valence-electron chi connectivity index (χ3n) is 6.53. The van der Waals surface area contributed by atoms with Crippen molar-refractivity contribution >= 4 is 8.56 Å². The standard InChI is InChI=1S/C18H36O2Si/c1-13-7-9-17(15(3)11-13)21(19-5,20-6)18-10-8-14(2)12-16(18)4/h13-18H,7-12H2,1-6H3. The van der Waals surface area contributed by atoms with Gasteiger partial charge in [0.2, 0.25) is 0 Å². The molecule has 2 saturated carbocycles. The zero-order valence-electron chi connectivity index (χ0n) is 15.0. The lowest BCUT2D eigenvalue weighted by Gasteiger charge is -2.49. The van der Waals surface area contributed by atoms with Gasteiger partial charge in [-0.3, -0.25) is 0 Å². The van der Waals surface area contributed by atoms with Gasteiger partial charge in [-0.25, -0.2) is 0 Å². The molecular formula is C18H36O2Si. The van der Waals surface area contributed by atoms with Gasteiger partial charge in [-0.05, 0) is 49.4 Å². The first-order valence-electron chi connectivity index (χ1n) is 9.04. The van der Waals surface area contributed by atoms with E-state index in [0.717, 1.165) is 23.7 Å². The van der Waals surface area contributed by atoms with E-state index < -0.39 is 8.56 Å². The average Bonchev–Trinajstić information content (AvgIpc) is 2.44. The molecule has 0 aliphatic heterocycles. The first-order valence-corrected chi connectivity index (χ1v) is 11.0. The van der Waals surface area contributed by atoms with Crippen molar-refractivity contribution in [3.8, 4) is 0 Å². The van der Waals surface area contributed by atoms with Crippen LogP contribution in [0.15, 0.2) is 0 Å². The monoisotopic (exact) mass is 312 g/mol. The van der Waals surface area contributed by atoms with Crippen LogP contribution in [0.3, 0.4) is 0 Å². The van der Waals surface area contributed by atoms with Crippen LogP contribution in [0.1, 0.15) is 66.2 Å². The van der Waals surface area contributed by atoms with Gasteiger partial charge in [0.15, 0.2) is 0 Å². The van der Waals surface area contributed by atoms with E-state index in [1.807, 2.05) is 14.2 Å². The molecule has 124 valence electrons. The molecular weight excluding hydrogens is 276 g/mol. The molecule has 0 radical (unpaired) electrons. The van der Waals surface area contributed by atoms with Crippen molar-refractivity contribution in [2.75, 3.05) is 14.2 Å². The summed E-state index contributed by atoms with van der Waals surface area (Å²) in [5.74, 6) is 3.26. The molecule has 0 aromatic heterocycles. The highest BCUT2D eigenvalue weighted by molar-refractivity contribution is 6.70. The Hall–Kier alpha value is 0.137. The fraction of sp³-hybridized carbons (Fsp3) is 1.00. The minimum atomic E-state index is -2.13. The van der Waals surface area contributed by atoms with Gasteiger partial charge >= 0.3 is 8.56 Å². The molecule has 0 amide bonds. The molecule has 2 rings (SSSR count). The Labute approximate surface area is 133 Å². The van der Waals surface area contributed by atoms with Crippen LogP contribution in [0.2, 0.25) is 11.1 Å². The summed E-state index contributed by atoms with van der Waals surface area (Å²) in [5.41, 5.74) is 1.37. The van der Waals surface area contributed by atoms with E-state index in [4.69, 9.17) is 8.85 Å². The molecule has 2 aliphatic rings. The van der Waals surface area contributed by atoms with Crippen molar-refractivity contribution < 1.29 is 8.85 Å². The Balaban J connectivity index is 2.23. The van der Waals surface area contributed by atoms with Crippen molar-refractivity contribution in [1.82, 2.24) is 0 Å². The third kappa shape index (κ3) is 3.40.